The molecule has 0 atom stereocenters. The van der Waals surface area contributed by atoms with E-state index in [-0.39, 0.29) is 0 Å². The molecule has 3 rings (SSSR count). The maximum Gasteiger partial charge on any atom is 0.111 e. The van der Waals surface area contributed by atoms with E-state index in [0.717, 1.165) is 22.8 Å². The van der Waals surface area contributed by atoms with Crippen LogP contribution in [0, 0.1) is 0 Å². The lowest BCUT2D eigenvalue weighted by atomic mass is 10.2. The molecule has 3 aromatic heterocycles. The van der Waals surface area contributed by atoms with Gasteiger partial charge in [-0.2, -0.15) is 10.2 Å². The zero-order chi connectivity index (χ0) is 15.7. The summed E-state index contributed by atoms with van der Waals surface area (Å²) in [5.74, 6) is 0. The fraction of sp³-hybridized carbons (Fsp3) is 0.353. The molecule has 3 aromatic rings. The van der Waals surface area contributed by atoms with E-state index in [4.69, 9.17) is 4.98 Å². The minimum absolute atomic E-state index is 0.346. The third-order valence-electron chi connectivity index (χ3n) is 3.55. The van der Waals surface area contributed by atoms with Gasteiger partial charge in [-0.25, -0.2) is 4.98 Å². The molecule has 0 aliphatic rings. The van der Waals surface area contributed by atoms with Crippen molar-refractivity contribution in [2.24, 2.45) is 0 Å². The predicted molar refractivity (Wildman–Crippen MR) is 87.4 cm³/mol. The summed E-state index contributed by atoms with van der Waals surface area (Å²) in [7, 11) is 0. The first-order valence-corrected chi connectivity index (χ1v) is 7.62. The third kappa shape index (κ3) is 2.79. The van der Waals surface area contributed by atoms with Crippen molar-refractivity contribution in [3.05, 3.63) is 42.7 Å². The van der Waals surface area contributed by atoms with E-state index in [2.05, 4.69) is 37.9 Å². The number of aromatic nitrogens is 5. The minimum Gasteiger partial charge on any atom is -0.270 e. The van der Waals surface area contributed by atoms with Gasteiger partial charge in [0, 0.05) is 24.5 Å². The molecule has 0 aromatic carbocycles. The Morgan fingerprint density at radius 3 is 1.50 bits per heavy atom. The zero-order valence-corrected chi connectivity index (χ0v) is 13.4. The van der Waals surface area contributed by atoms with Crippen molar-refractivity contribution in [3.63, 3.8) is 0 Å². The highest BCUT2D eigenvalue weighted by Crippen LogP contribution is 2.21. The van der Waals surface area contributed by atoms with Crippen molar-refractivity contribution in [1.82, 2.24) is 24.5 Å². The number of hydrogen-bond donors (Lipinski definition) is 0. The van der Waals surface area contributed by atoms with Gasteiger partial charge < -0.3 is 0 Å². The van der Waals surface area contributed by atoms with Crippen molar-refractivity contribution in [2.75, 3.05) is 0 Å². The number of hydrogen-bond acceptors (Lipinski definition) is 3. The fourth-order valence-electron chi connectivity index (χ4n) is 2.24. The Kier molecular flexibility index (Phi) is 3.79. The number of nitrogens with zero attached hydrogens (tertiary/aromatic N) is 5. The Balaban J connectivity index is 1.94. The molecule has 0 aliphatic carbocycles. The quantitative estimate of drug-likeness (QED) is 0.731. The van der Waals surface area contributed by atoms with Gasteiger partial charge in [-0.1, -0.05) is 6.07 Å². The van der Waals surface area contributed by atoms with E-state index in [9.17, 15) is 0 Å². The second-order valence-electron chi connectivity index (χ2n) is 5.96. The standard InChI is InChI=1S/C17H21N5/c1-12(2)21-10-8-16(19-21)14-6-5-7-15(18-14)17-9-11-22(20-17)13(3)4/h5-13H,1-4H3. The van der Waals surface area contributed by atoms with Crippen LogP contribution in [-0.4, -0.2) is 24.5 Å². The van der Waals surface area contributed by atoms with Gasteiger partial charge >= 0.3 is 0 Å². The summed E-state index contributed by atoms with van der Waals surface area (Å²) < 4.78 is 3.88. The van der Waals surface area contributed by atoms with Crippen LogP contribution in [0.3, 0.4) is 0 Å². The maximum atomic E-state index is 4.71. The highest BCUT2D eigenvalue weighted by molar-refractivity contribution is 5.61. The summed E-state index contributed by atoms with van der Waals surface area (Å²) in [4.78, 5) is 4.71. The Morgan fingerprint density at radius 1 is 0.682 bits per heavy atom. The lowest BCUT2D eigenvalue weighted by Gasteiger charge is -2.05. The fourth-order valence-corrected chi connectivity index (χ4v) is 2.24. The Morgan fingerprint density at radius 2 is 1.14 bits per heavy atom. The van der Waals surface area contributed by atoms with Gasteiger partial charge in [0.15, 0.2) is 0 Å². The van der Waals surface area contributed by atoms with Crippen molar-refractivity contribution in [2.45, 2.75) is 39.8 Å². The van der Waals surface area contributed by atoms with Crippen LogP contribution in [-0.2, 0) is 0 Å². The Hall–Kier alpha value is -2.43. The monoisotopic (exact) mass is 295 g/mol. The molecule has 0 saturated heterocycles. The summed E-state index contributed by atoms with van der Waals surface area (Å²) in [5, 5.41) is 9.15. The molecule has 0 bridgehead atoms. The van der Waals surface area contributed by atoms with E-state index in [0.29, 0.717) is 12.1 Å². The summed E-state index contributed by atoms with van der Waals surface area (Å²) in [6.07, 6.45) is 3.98. The lowest BCUT2D eigenvalue weighted by Crippen LogP contribution is -2.01. The molecule has 22 heavy (non-hydrogen) atoms. The first-order chi connectivity index (χ1) is 10.5. The summed E-state index contributed by atoms with van der Waals surface area (Å²) in [6, 6.07) is 10.7. The van der Waals surface area contributed by atoms with Gasteiger partial charge in [0.05, 0.1) is 11.4 Å². The van der Waals surface area contributed by atoms with Crippen LogP contribution in [0.15, 0.2) is 42.7 Å². The molecule has 0 saturated carbocycles. The van der Waals surface area contributed by atoms with Crippen LogP contribution < -0.4 is 0 Å². The number of rotatable bonds is 4. The molecule has 0 N–H and O–H groups in total. The molecule has 114 valence electrons. The third-order valence-corrected chi connectivity index (χ3v) is 3.55. The van der Waals surface area contributed by atoms with Crippen LogP contribution in [0.4, 0.5) is 0 Å². The molecule has 0 radical (unpaired) electrons. The molecule has 0 unspecified atom stereocenters. The Bertz CT molecular complexity index is 705. The average molecular weight is 295 g/mol. The van der Waals surface area contributed by atoms with E-state index in [1.807, 2.05) is 52.1 Å². The van der Waals surface area contributed by atoms with E-state index < -0.39 is 0 Å². The largest absolute Gasteiger partial charge is 0.270 e. The van der Waals surface area contributed by atoms with Gasteiger partial charge in [0.1, 0.15) is 11.4 Å². The van der Waals surface area contributed by atoms with Crippen molar-refractivity contribution in [1.29, 1.82) is 0 Å². The first-order valence-electron chi connectivity index (χ1n) is 7.62. The predicted octanol–water partition coefficient (Wildman–Crippen LogP) is 3.97. The molecule has 0 amide bonds. The van der Waals surface area contributed by atoms with Gasteiger partial charge in [0.2, 0.25) is 0 Å². The van der Waals surface area contributed by atoms with Crippen molar-refractivity contribution in [3.8, 4) is 22.8 Å². The van der Waals surface area contributed by atoms with Crippen LogP contribution >= 0.6 is 0 Å². The smallest absolute Gasteiger partial charge is 0.111 e. The molecule has 3 heterocycles. The molecule has 0 aliphatic heterocycles. The molecule has 0 fully saturated rings. The highest BCUT2D eigenvalue weighted by Gasteiger charge is 2.10. The van der Waals surface area contributed by atoms with Gasteiger partial charge in [0.25, 0.3) is 0 Å². The van der Waals surface area contributed by atoms with Crippen LogP contribution in [0.2, 0.25) is 0 Å². The molecular weight excluding hydrogens is 274 g/mol. The minimum atomic E-state index is 0.346. The van der Waals surface area contributed by atoms with Crippen molar-refractivity contribution < 1.29 is 0 Å². The highest BCUT2D eigenvalue weighted by atomic mass is 15.3. The zero-order valence-electron chi connectivity index (χ0n) is 13.4. The topological polar surface area (TPSA) is 48.5 Å². The van der Waals surface area contributed by atoms with Crippen molar-refractivity contribution >= 4 is 0 Å². The summed E-state index contributed by atoms with van der Waals surface area (Å²) in [5.41, 5.74) is 3.52. The Labute approximate surface area is 130 Å². The summed E-state index contributed by atoms with van der Waals surface area (Å²) in [6.45, 7) is 8.44. The van der Waals surface area contributed by atoms with Crippen LogP contribution in [0.25, 0.3) is 22.8 Å². The summed E-state index contributed by atoms with van der Waals surface area (Å²) >= 11 is 0. The van der Waals surface area contributed by atoms with E-state index in [1.165, 1.54) is 0 Å². The molecule has 0 spiro atoms. The second kappa shape index (κ2) is 5.75. The van der Waals surface area contributed by atoms with E-state index in [1.54, 1.807) is 0 Å². The normalized spacial score (nSPS) is 11.5. The van der Waals surface area contributed by atoms with Gasteiger partial charge in [-0.3, -0.25) is 9.36 Å². The van der Waals surface area contributed by atoms with Crippen LogP contribution in [0.1, 0.15) is 39.8 Å². The van der Waals surface area contributed by atoms with Gasteiger partial charge in [-0.15, -0.1) is 0 Å². The maximum absolute atomic E-state index is 4.71. The first kappa shape index (κ1) is 14.5. The SMILES string of the molecule is CC(C)n1ccc(-c2cccc(-c3ccn(C(C)C)n3)n2)n1. The molecular formula is C17H21N5. The van der Waals surface area contributed by atoms with Crippen LogP contribution in [0.5, 0.6) is 0 Å². The number of pyridine rings is 1. The molecule has 5 heteroatoms. The average Bonchev–Trinajstić information content (AvgIpc) is 3.17. The van der Waals surface area contributed by atoms with E-state index >= 15 is 0 Å². The lowest BCUT2D eigenvalue weighted by molar-refractivity contribution is 0.533. The van der Waals surface area contributed by atoms with Gasteiger partial charge in [-0.05, 0) is 52.0 Å². The second-order valence-corrected chi connectivity index (χ2v) is 5.96. The molecule has 5 nitrogen and oxygen atoms in total.